The van der Waals surface area contributed by atoms with Crippen LogP contribution in [0.4, 0.5) is 0 Å². The minimum absolute atomic E-state index is 0.422. The summed E-state index contributed by atoms with van der Waals surface area (Å²) in [5.74, 6) is 0. The van der Waals surface area contributed by atoms with Gasteiger partial charge in [-0.25, -0.2) is 0 Å². The van der Waals surface area contributed by atoms with Crippen LogP contribution in [0.5, 0.6) is 0 Å². The van der Waals surface area contributed by atoms with Gasteiger partial charge in [-0.05, 0) is 0 Å². The first-order valence-corrected chi connectivity index (χ1v) is 16.0. The monoisotopic (exact) mass is 366 g/mol. The molecular formula is C17H26SeSi2. The second kappa shape index (κ2) is 5.45. The fraction of sp³-hybridized carbons (Fsp3) is 0.412. The van der Waals surface area contributed by atoms with Gasteiger partial charge in [-0.3, -0.25) is 0 Å². The van der Waals surface area contributed by atoms with Gasteiger partial charge in [-0.15, -0.1) is 0 Å². The van der Waals surface area contributed by atoms with Gasteiger partial charge in [-0.2, -0.15) is 0 Å². The Labute approximate surface area is 132 Å². The SMILES string of the molecule is C[Si](C)(C)C1([Si](C)(C)C)C=CC([Se]c2ccccc2)=C1. The molecule has 108 valence electrons. The van der Waals surface area contributed by atoms with E-state index in [0.29, 0.717) is 19.6 Å². The van der Waals surface area contributed by atoms with Crippen LogP contribution in [0.15, 0.2) is 53.0 Å². The van der Waals surface area contributed by atoms with Gasteiger partial charge in [0, 0.05) is 0 Å². The molecule has 0 bridgehead atoms. The number of benzene rings is 1. The summed E-state index contributed by atoms with van der Waals surface area (Å²) in [5.41, 5.74) is 0. The van der Waals surface area contributed by atoms with Crippen molar-refractivity contribution >= 4 is 35.6 Å². The Morgan fingerprint density at radius 1 is 0.850 bits per heavy atom. The van der Waals surface area contributed by atoms with Crippen LogP contribution in [-0.2, 0) is 0 Å². The van der Waals surface area contributed by atoms with Crippen molar-refractivity contribution in [2.45, 2.75) is 43.9 Å². The van der Waals surface area contributed by atoms with Gasteiger partial charge >= 0.3 is 133 Å². The molecule has 2 rings (SSSR count). The Morgan fingerprint density at radius 3 is 1.85 bits per heavy atom. The standard InChI is InChI=1S/C17H26SeSi2/c1-19(2,3)17(20(4,5)6)13-12-16(14-17)18-15-10-8-7-9-11-15/h7-14H,1-6H3. The predicted molar refractivity (Wildman–Crippen MR) is 98.4 cm³/mol. The van der Waals surface area contributed by atoms with E-state index in [0.717, 1.165) is 0 Å². The summed E-state index contributed by atoms with van der Waals surface area (Å²) in [6, 6.07) is 10.9. The summed E-state index contributed by atoms with van der Waals surface area (Å²) in [5, 5.41) is 0. The third-order valence-electron chi connectivity index (χ3n) is 4.34. The van der Waals surface area contributed by atoms with Crippen LogP contribution >= 0.6 is 0 Å². The molecule has 0 spiro atoms. The zero-order chi connectivity index (χ0) is 15.0. The Bertz CT molecular complexity index is 516. The fourth-order valence-corrected chi connectivity index (χ4v) is 17.1. The molecule has 0 heterocycles. The van der Waals surface area contributed by atoms with Gasteiger partial charge < -0.3 is 0 Å². The second-order valence-electron chi connectivity index (χ2n) is 7.66. The fourth-order valence-electron chi connectivity index (χ4n) is 3.28. The van der Waals surface area contributed by atoms with E-state index in [9.17, 15) is 0 Å². The van der Waals surface area contributed by atoms with Crippen molar-refractivity contribution in [1.29, 1.82) is 0 Å². The van der Waals surface area contributed by atoms with Crippen molar-refractivity contribution in [3.05, 3.63) is 53.0 Å². The van der Waals surface area contributed by atoms with Gasteiger partial charge in [0.25, 0.3) is 0 Å². The first-order valence-electron chi connectivity index (χ1n) is 7.31. The van der Waals surface area contributed by atoms with Crippen molar-refractivity contribution in [2.24, 2.45) is 0 Å². The minimum atomic E-state index is -1.26. The molecule has 0 unspecified atom stereocenters. The molecule has 0 saturated heterocycles. The zero-order valence-corrected chi connectivity index (χ0v) is 17.2. The summed E-state index contributed by atoms with van der Waals surface area (Å²) in [6.07, 6.45) is 7.67. The Hall–Kier alpha value is -0.347. The molecule has 0 radical (unpaired) electrons. The molecule has 1 aliphatic carbocycles. The van der Waals surface area contributed by atoms with Crippen LogP contribution in [0.2, 0.25) is 43.9 Å². The van der Waals surface area contributed by atoms with Gasteiger partial charge in [0.2, 0.25) is 0 Å². The van der Waals surface area contributed by atoms with E-state index in [1.54, 1.807) is 4.47 Å². The molecule has 0 aromatic heterocycles. The maximum absolute atomic E-state index is 2.67. The molecule has 1 aliphatic rings. The first kappa shape index (κ1) is 16.0. The van der Waals surface area contributed by atoms with Crippen molar-refractivity contribution in [2.75, 3.05) is 0 Å². The van der Waals surface area contributed by atoms with E-state index in [4.69, 9.17) is 0 Å². The quantitative estimate of drug-likeness (QED) is 0.693. The molecule has 0 N–H and O–H groups in total. The number of hydrogen-bond acceptors (Lipinski definition) is 0. The molecule has 0 saturated carbocycles. The summed E-state index contributed by atoms with van der Waals surface area (Å²) in [4.78, 5) is 0. The normalized spacial score (nSPS) is 18.2. The molecule has 0 nitrogen and oxygen atoms in total. The zero-order valence-electron chi connectivity index (χ0n) is 13.5. The molecule has 0 fully saturated rings. The molecule has 0 atom stereocenters. The number of hydrogen-bond donors (Lipinski definition) is 0. The Morgan fingerprint density at radius 2 is 1.40 bits per heavy atom. The van der Waals surface area contributed by atoms with Crippen molar-refractivity contribution in [3.8, 4) is 0 Å². The van der Waals surface area contributed by atoms with Crippen LogP contribution in [0, 0.1) is 0 Å². The van der Waals surface area contributed by atoms with Crippen molar-refractivity contribution < 1.29 is 0 Å². The van der Waals surface area contributed by atoms with Crippen LogP contribution < -0.4 is 4.46 Å². The molecule has 1 aromatic carbocycles. The summed E-state index contributed by atoms with van der Waals surface area (Å²) in [7, 11) is -2.52. The van der Waals surface area contributed by atoms with E-state index in [1.165, 1.54) is 4.46 Å². The molecule has 1 aromatic rings. The third kappa shape index (κ3) is 2.96. The van der Waals surface area contributed by atoms with E-state index in [2.05, 4.69) is 87.8 Å². The van der Waals surface area contributed by atoms with E-state index < -0.39 is 16.1 Å². The van der Waals surface area contributed by atoms with E-state index in [-0.39, 0.29) is 0 Å². The van der Waals surface area contributed by atoms with Gasteiger partial charge in [-0.1, -0.05) is 0 Å². The maximum atomic E-state index is 2.67. The second-order valence-corrected chi connectivity index (χ2v) is 21.2. The first-order chi connectivity index (χ1) is 9.16. The van der Waals surface area contributed by atoms with Gasteiger partial charge in [0.1, 0.15) is 0 Å². The van der Waals surface area contributed by atoms with E-state index in [1.807, 2.05) is 0 Å². The summed E-state index contributed by atoms with van der Waals surface area (Å²) in [6.45, 7) is 15.2. The van der Waals surface area contributed by atoms with Crippen molar-refractivity contribution in [1.82, 2.24) is 0 Å². The van der Waals surface area contributed by atoms with Crippen LogP contribution in [-0.4, -0.2) is 31.1 Å². The Balaban J connectivity index is 2.34. The van der Waals surface area contributed by atoms with Gasteiger partial charge in [0.05, 0.1) is 0 Å². The summed E-state index contributed by atoms with van der Waals surface area (Å²) < 4.78 is 3.48. The topological polar surface area (TPSA) is 0 Å². The predicted octanol–water partition coefficient (Wildman–Crippen LogP) is 4.43. The van der Waals surface area contributed by atoms with E-state index >= 15 is 0 Å². The third-order valence-corrected chi connectivity index (χ3v) is 16.5. The van der Waals surface area contributed by atoms with Gasteiger partial charge in [0.15, 0.2) is 0 Å². The summed E-state index contributed by atoms with van der Waals surface area (Å²) >= 11 is 0.457. The number of allylic oxidation sites excluding steroid dienone is 4. The molecular weight excluding hydrogens is 339 g/mol. The molecule has 20 heavy (non-hydrogen) atoms. The van der Waals surface area contributed by atoms with Crippen LogP contribution in [0.1, 0.15) is 0 Å². The average Bonchev–Trinajstić information content (AvgIpc) is 2.74. The molecule has 3 heteroatoms. The average molecular weight is 366 g/mol. The Kier molecular flexibility index (Phi) is 4.37. The molecule has 0 amide bonds. The van der Waals surface area contributed by atoms with Crippen LogP contribution in [0.25, 0.3) is 0 Å². The molecule has 0 aliphatic heterocycles. The number of rotatable bonds is 4. The van der Waals surface area contributed by atoms with Crippen LogP contribution in [0.3, 0.4) is 0 Å². The van der Waals surface area contributed by atoms with Crippen molar-refractivity contribution in [3.63, 3.8) is 0 Å².